The highest BCUT2D eigenvalue weighted by atomic mass is 32.2. The van der Waals surface area contributed by atoms with Crippen molar-refractivity contribution in [1.82, 2.24) is 4.31 Å². The molecule has 116 valence electrons. The number of hydrogen-bond acceptors (Lipinski definition) is 5. The summed E-state index contributed by atoms with van der Waals surface area (Å²) in [6.07, 6.45) is 0.706. The number of nitrogens with two attached hydrogens (primary N) is 1. The van der Waals surface area contributed by atoms with Gasteiger partial charge in [-0.25, -0.2) is 12.7 Å². The van der Waals surface area contributed by atoms with Gasteiger partial charge in [-0.05, 0) is 12.3 Å². The number of benzene rings is 1. The summed E-state index contributed by atoms with van der Waals surface area (Å²) in [4.78, 5) is 10.4. The van der Waals surface area contributed by atoms with E-state index in [9.17, 15) is 18.5 Å². The average Bonchev–Trinajstić information content (AvgIpc) is 2.41. The topological polar surface area (TPSA) is 107 Å². The molecule has 1 fully saturated rings. The maximum atomic E-state index is 12.4. The summed E-state index contributed by atoms with van der Waals surface area (Å²) in [5, 5.41) is 11.0. The summed E-state index contributed by atoms with van der Waals surface area (Å²) < 4.78 is 26.2. The van der Waals surface area contributed by atoms with E-state index in [1.165, 1.54) is 22.5 Å². The van der Waals surface area contributed by atoms with E-state index in [1.807, 2.05) is 6.92 Å². The molecule has 2 atom stereocenters. The third-order valence-electron chi connectivity index (χ3n) is 3.90. The van der Waals surface area contributed by atoms with Crippen molar-refractivity contribution >= 4 is 15.7 Å². The maximum absolute atomic E-state index is 12.4. The van der Waals surface area contributed by atoms with Gasteiger partial charge in [-0.15, -0.1) is 0 Å². The molecule has 2 N–H and O–H groups in total. The van der Waals surface area contributed by atoms with Crippen molar-refractivity contribution in [3.8, 4) is 0 Å². The van der Waals surface area contributed by atoms with Crippen LogP contribution in [0.3, 0.4) is 0 Å². The van der Waals surface area contributed by atoms with Crippen LogP contribution in [-0.2, 0) is 15.8 Å². The van der Waals surface area contributed by atoms with Gasteiger partial charge in [-0.1, -0.05) is 25.1 Å². The van der Waals surface area contributed by atoms with Gasteiger partial charge in [0.15, 0.2) is 0 Å². The summed E-state index contributed by atoms with van der Waals surface area (Å²) in [7, 11) is -3.60. The van der Waals surface area contributed by atoms with E-state index >= 15 is 0 Å². The number of nitro benzene ring substituents is 1. The highest BCUT2D eigenvalue weighted by molar-refractivity contribution is 7.88. The Bertz CT molecular complexity index is 632. The van der Waals surface area contributed by atoms with Gasteiger partial charge in [0, 0.05) is 30.8 Å². The highest BCUT2D eigenvalue weighted by Crippen LogP contribution is 2.24. The lowest BCUT2D eigenvalue weighted by molar-refractivity contribution is -0.385. The molecule has 1 saturated heterocycles. The molecule has 8 heteroatoms. The Morgan fingerprint density at radius 1 is 1.43 bits per heavy atom. The zero-order chi connectivity index (χ0) is 15.6. The van der Waals surface area contributed by atoms with Gasteiger partial charge in [0.1, 0.15) is 0 Å². The Labute approximate surface area is 123 Å². The van der Waals surface area contributed by atoms with E-state index in [-0.39, 0.29) is 35.5 Å². The lowest BCUT2D eigenvalue weighted by Crippen LogP contribution is -2.49. The van der Waals surface area contributed by atoms with Crippen molar-refractivity contribution in [1.29, 1.82) is 0 Å². The standard InChI is InChI=1S/C13H19N3O4S/c1-10-6-7-15(8-12(10)14)21(19,20)9-11-4-2-3-5-13(11)16(17)18/h2-5,10,12H,6-9,14H2,1H3. The minimum atomic E-state index is -3.60. The van der Waals surface area contributed by atoms with Crippen molar-refractivity contribution < 1.29 is 13.3 Å². The second-order valence-electron chi connectivity index (χ2n) is 5.43. The summed E-state index contributed by atoms with van der Waals surface area (Å²) >= 11 is 0. The molecule has 7 nitrogen and oxygen atoms in total. The van der Waals surface area contributed by atoms with Crippen LogP contribution in [0.2, 0.25) is 0 Å². The molecule has 0 radical (unpaired) electrons. The molecule has 0 spiro atoms. The van der Waals surface area contributed by atoms with Crippen LogP contribution in [-0.4, -0.2) is 36.8 Å². The Morgan fingerprint density at radius 2 is 2.10 bits per heavy atom. The van der Waals surface area contributed by atoms with Crippen LogP contribution in [0, 0.1) is 16.0 Å². The Hall–Kier alpha value is -1.51. The highest BCUT2D eigenvalue weighted by Gasteiger charge is 2.32. The molecule has 1 aliphatic heterocycles. The normalized spacial score (nSPS) is 23.9. The van der Waals surface area contributed by atoms with Gasteiger partial charge in [0.25, 0.3) is 5.69 Å². The Morgan fingerprint density at radius 3 is 2.71 bits per heavy atom. The van der Waals surface area contributed by atoms with Gasteiger partial charge in [0.05, 0.1) is 10.7 Å². The van der Waals surface area contributed by atoms with Crippen LogP contribution in [0.25, 0.3) is 0 Å². The minimum absolute atomic E-state index is 0.171. The maximum Gasteiger partial charge on any atom is 0.273 e. The summed E-state index contributed by atoms with van der Waals surface area (Å²) in [5.41, 5.74) is 5.96. The van der Waals surface area contributed by atoms with Crippen LogP contribution >= 0.6 is 0 Å². The molecular formula is C13H19N3O4S. The first-order valence-electron chi connectivity index (χ1n) is 6.77. The summed E-state index contributed by atoms with van der Waals surface area (Å²) in [6, 6.07) is 5.71. The SMILES string of the molecule is CC1CCN(S(=O)(=O)Cc2ccccc2[N+](=O)[O-])CC1N. The fourth-order valence-corrected chi connectivity index (χ4v) is 4.02. The summed E-state index contributed by atoms with van der Waals surface area (Å²) in [6.45, 7) is 2.68. The molecule has 1 aliphatic rings. The number of hydrogen-bond donors (Lipinski definition) is 1. The molecule has 0 aliphatic carbocycles. The summed E-state index contributed by atoms with van der Waals surface area (Å²) in [5.74, 6) is -0.0897. The third-order valence-corrected chi connectivity index (χ3v) is 5.69. The van der Waals surface area contributed by atoms with Crippen molar-refractivity contribution in [3.63, 3.8) is 0 Å². The number of nitrogens with zero attached hydrogens (tertiary/aromatic N) is 2. The monoisotopic (exact) mass is 313 g/mol. The molecular weight excluding hydrogens is 294 g/mol. The Balaban J connectivity index is 2.20. The molecule has 0 amide bonds. The number of nitro groups is 1. The zero-order valence-corrected chi connectivity index (χ0v) is 12.6. The predicted molar refractivity (Wildman–Crippen MR) is 79.0 cm³/mol. The van der Waals surface area contributed by atoms with E-state index in [4.69, 9.17) is 5.73 Å². The number of piperidine rings is 1. The Kier molecular flexibility index (Phi) is 4.60. The number of rotatable bonds is 4. The van der Waals surface area contributed by atoms with Crippen molar-refractivity contribution in [2.75, 3.05) is 13.1 Å². The van der Waals surface area contributed by atoms with Gasteiger partial charge in [-0.2, -0.15) is 0 Å². The molecule has 0 aromatic heterocycles. The van der Waals surface area contributed by atoms with E-state index in [2.05, 4.69) is 0 Å². The average molecular weight is 313 g/mol. The second-order valence-corrected chi connectivity index (χ2v) is 7.40. The molecule has 0 saturated carbocycles. The van der Waals surface area contributed by atoms with Gasteiger partial charge >= 0.3 is 0 Å². The fraction of sp³-hybridized carbons (Fsp3) is 0.538. The lowest BCUT2D eigenvalue weighted by Gasteiger charge is -2.34. The molecule has 2 unspecified atom stereocenters. The van der Waals surface area contributed by atoms with Gasteiger partial charge < -0.3 is 5.73 Å². The van der Waals surface area contributed by atoms with Crippen LogP contribution in [0.4, 0.5) is 5.69 Å². The first kappa shape index (κ1) is 15.9. The van der Waals surface area contributed by atoms with E-state index in [0.29, 0.717) is 13.0 Å². The van der Waals surface area contributed by atoms with Crippen LogP contribution in [0.15, 0.2) is 24.3 Å². The molecule has 1 heterocycles. The molecule has 0 bridgehead atoms. The second kappa shape index (κ2) is 6.08. The quantitative estimate of drug-likeness (QED) is 0.661. The van der Waals surface area contributed by atoms with Crippen molar-refractivity contribution in [3.05, 3.63) is 39.9 Å². The van der Waals surface area contributed by atoms with E-state index in [0.717, 1.165) is 0 Å². The predicted octanol–water partition coefficient (Wildman–Crippen LogP) is 1.09. The smallest absolute Gasteiger partial charge is 0.273 e. The van der Waals surface area contributed by atoms with Crippen LogP contribution in [0.5, 0.6) is 0 Å². The molecule has 2 rings (SSSR count). The number of sulfonamides is 1. The lowest BCUT2D eigenvalue weighted by atomic mass is 9.96. The first-order valence-corrected chi connectivity index (χ1v) is 8.38. The third kappa shape index (κ3) is 3.58. The molecule has 1 aromatic rings. The molecule has 21 heavy (non-hydrogen) atoms. The van der Waals surface area contributed by atoms with E-state index < -0.39 is 14.9 Å². The molecule has 1 aromatic carbocycles. The van der Waals surface area contributed by atoms with Crippen LogP contribution < -0.4 is 5.73 Å². The van der Waals surface area contributed by atoms with Crippen LogP contribution in [0.1, 0.15) is 18.9 Å². The first-order chi connectivity index (χ1) is 9.81. The van der Waals surface area contributed by atoms with E-state index in [1.54, 1.807) is 6.07 Å². The van der Waals surface area contributed by atoms with Gasteiger partial charge in [0.2, 0.25) is 10.0 Å². The largest absolute Gasteiger partial charge is 0.326 e. The zero-order valence-electron chi connectivity index (χ0n) is 11.8. The van der Waals surface area contributed by atoms with Crippen molar-refractivity contribution in [2.24, 2.45) is 11.7 Å². The fourth-order valence-electron chi connectivity index (χ4n) is 2.42. The van der Waals surface area contributed by atoms with Crippen molar-refractivity contribution in [2.45, 2.75) is 25.1 Å². The van der Waals surface area contributed by atoms with Gasteiger partial charge in [-0.3, -0.25) is 10.1 Å². The minimum Gasteiger partial charge on any atom is -0.326 e. The number of para-hydroxylation sites is 1.